The number of fused-ring (bicyclic) bond motifs is 7. The van der Waals surface area contributed by atoms with Gasteiger partial charge in [-0.25, -0.2) is 0 Å². The topological polar surface area (TPSA) is 40.5 Å². The molecule has 0 heterocycles. The number of hydrogen-bond acceptors (Lipinski definition) is 2. The van der Waals surface area contributed by atoms with E-state index in [0.717, 1.165) is 12.3 Å². The van der Waals surface area contributed by atoms with Crippen molar-refractivity contribution < 1.29 is 10.2 Å². The van der Waals surface area contributed by atoms with Crippen molar-refractivity contribution in [2.45, 2.75) is 119 Å². The Morgan fingerprint density at radius 1 is 0.750 bits per heavy atom. The first-order valence-electron chi connectivity index (χ1n) is 13.8. The summed E-state index contributed by atoms with van der Waals surface area (Å²) in [6, 6.07) is 0. The smallest absolute Gasteiger partial charge is 0.0594 e. The van der Waals surface area contributed by atoms with E-state index in [2.05, 4.69) is 54.5 Å². The molecule has 0 saturated heterocycles. The van der Waals surface area contributed by atoms with Crippen LogP contribution in [-0.2, 0) is 0 Å². The van der Waals surface area contributed by atoms with Gasteiger partial charge in [0.1, 0.15) is 0 Å². The van der Waals surface area contributed by atoms with Crippen LogP contribution in [-0.4, -0.2) is 22.9 Å². The van der Waals surface area contributed by atoms with Crippen molar-refractivity contribution in [3.05, 3.63) is 11.6 Å². The summed E-state index contributed by atoms with van der Waals surface area (Å²) in [5.74, 6) is 2.01. The zero-order chi connectivity index (χ0) is 23.4. The number of aliphatic hydroxyl groups excluding tert-OH is 2. The van der Waals surface area contributed by atoms with Gasteiger partial charge in [0, 0.05) is 5.41 Å². The highest BCUT2D eigenvalue weighted by atomic mass is 16.3. The summed E-state index contributed by atoms with van der Waals surface area (Å²) in [6.45, 7) is 17.8. The zero-order valence-corrected chi connectivity index (χ0v) is 22.1. The maximum absolute atomic E-state index is 10.9. The summed E-state index contributed by atoms with van der Waals surface area (Å²) >= 11 is 0. The van der Waals surface area contributed by atoms with E-state index >= 15 is 0 Å². The third-order valence-electron chi connectivity index (χ3n) is 13.1. The molecule has 0 aromatic heterocycles. The van der Waals surface area contributed by atoms with Crippen molar-refractivity contribution in [2.24, 2.45) is 50.2 Å². The molecule has 2 heteroatoms. The minimum Gasteiger partial charge on any atom is -0.395 e. The van der Waals surface area contributed by atoms with Gasteiger partial charge in [-0.1, -0.05) is 60.1 Å². The van der Waals surface area contributed by atoms with Crippen molar-refractivity contribution >= 4 is 0 Å². The highest BCUT2D eigenvalue weighted by Gasteiger charge is 2.68. The van der Waals surface area contributed by atoms with Crippen LogP contribution in [0.15, 0.2) is 11.6 Å². The molecule has 0 amide bonds. The third kappa shape index (κ3) is 2.78. The number of rotatable bonds is 1. The molecule has 5 aliphatic carbocycles. The molecule has 0 radical (unpaired) electrons. The molecule has 5 rings (SSSR count). The van der Waals surface area contributed by atoms with Crippen molar-refractivity contribution in [3.8, 4) is 0 Å². The Morgan fingerprint density at radius 3 is 2.12 bits per heavy atom. The summed E-state index contributed by atoms with van der Waals surface area (Å²) in [5, 5.41) is 21.5. The fraction of sp³-hybridized carbons (Fsp3) is 0.933. The number of allylic oxidation sites excluding steroid dienone is 1. The molecule has 0 aromatic carbocycles. The maximum Gasteiger partial charge on any atom is 0.0594 e. The lowest BCUT2D eigenvalue weighted by Crippen LogP contribution is -2.66. The monoisotopic (exact) mass is 442 g/mol. The van der Waals surface area contributed by atoms with E-state index in [4.69, 9.17) is 0 Å². The summed E-state index contributed by atoms with van der Waals surface area (Å²) in [7, 11) is 0. The Morgan fingerprint density at radius 2 is 1.44 bits per heavy atom. The van der Waals surface area contributed by atoms with Crippen molar-refractivity contribution in [3.63, 3.8) is 0 Å². The molecule has 2 N–H and O–H groups in total. The summed E-state index contributed by atoms with van der Waals surface area (Å²) in [4.78, 5) is 0. The average Bonchev–Trinajstić information content (AvgIpc) is 2.71. The molecule has 4 fully saturated rings. The molecule has 5 aliphatic rings. The second kappa shape index (κ2) is 6.87. The van der Waals surface area contributed by atoms with E-state index < -0.39 is 0 Å². The van der Waals surface area contributed by atoms with Crippen LogP contribution in [0.1, 0.15) is 113 Å². The fourth-order valence-electron chi connectivity index (χ4n) is 10.7. The van der Waals surface area contributed by atoms with Gasteiger partial charge in [-0.2, -0.15) is 0 Å². The van der Waals surface area contributed by atoms with Crippen LogP contribution in [0.5, 0.6) is 0 Å². The molecule has 2 nitrogen and oxygen atoms in total. The van der Waals surface area contributed by atoms with Crippen LogP contribution in [0.25, 0.3) is 0 Å². The molecule has 0 aliphatic heterocycles. The molecular weight excluding hydrogens is 392 g/mol. The number of hydrogen-bond donors (Lipinski definition) is 2. The predicted molar refractivity (Wildman–Crippen MR) is 132 cm³/mol. The predicted octanol–water partition coefficient (Wildman–Crippen LogP) is 7.14. The Balaban J connectivity index is 1.57. The van der Waals surface area contributed by atoms with Gasteiger partial charge in [-0.3, -0.25) is 0 Å². The highest BCUT2D eigenvalue weighted by Crippen LogP contribution is 2.76. The maximum atomic E-state index is 10.9. The molecule has 4 saturated carbocycles. The van der Waals surface area contributed by atoms with Gasteiger partial charge in [0.15, 0.2) is 0 Å². The molecule has 0 bridgehead atoms. The summed E-state index contributed by atoms with van der Waals surface area (Å²) in [6.07, 6.45) is 14.7. The summed E-state index contributed by atoms with van der Waals surface area (Å²) < 4.78 is 0. The van der Waals surface area contributed by atoms with E-state index in [-0.39, 0.29) is 22.3 Å². The lowest BCUT2D eigenvalue weighted by molar-refractivity contribution is -0.230. The van der Waals surface area contributed by atoms with E-state index in [1.165, 1.54) is 57.8 Å². The molecule has 8 unspecified atom stereocenters. The highest BCUT2D eigenvalue weighted by molar-refractivity contribution is 5.32. The fourth-order valence-corrected chi connectivity index (χ4v) is 10.7. The van der Waals surface area contributed by atoms with Crippen molar-refractivity contribution in [1.82, 2.24) is 0 Å². The molecule has 8 atom stereocenters. The largest absolute Gasteiger partial charge is 0.395 e. The third-order valence-corrected chi connectivity index (χ3v) is 13.1. The van der Waals surface area contributed by atoms with Gasteiger partial charge in [-0.15, -0.1) is 0 Å². The van der Waals surface area contributed by atoms with Crippen LogP contribution < -0.4 is 0 Å². The van der Waals surface area contributed by atoms with Crippen LogP contribution in [0.4, 0.5) is 0 Å². The molecule has 0 spiro atoms. The van der Waals surface area contributed by atoms with E-state index in [9.17, 15) is 10.2 Å². The second-order valence-corrected chi connectivity index (χ2v) is 15.0. The first-order valence-corrected chi connectivity index (χ1v) is 13.8. The first kappa shape index (κ1) is 23.4. The van der Waals surface area contributed by atoms with Gasteiger partial charge in [0.05, 0.1) is 12.7 Å². The van der Waals surface area contributed by atoms with Crippen LogP contribution in [0, 0.1) is 50.2 Å². The lowest BCUT2D eigenvalue weighted by Gasteiger charge is -2.72. The van der Waals surface area contributed by atoms with Crippen LogP contribution >= 0.6 is 0 Å². The van der Waals surface area contributed by atoms with Gasteiger partial charge < -0.3 is 10.2 Å². The van der Waals surface area contributed by atoms with Gasteiger partial charge >= 0.3 is 0 Å². The Labute approximate surface area is 197 Å². The Kier molecular flexibility index (Phi) is 5.02. The SMILES string of the molecule is CC1(C)C=C2C3CCC4C5(C)CCC(O)C(C)(C)C5CCC4(C)C3(C)CCC2(CO)CC1. The first-order chi connectivity index (χ1) is 14.8. The van der Waals surface area contributed by atoms with Crippen molar-refractivity contribution in [2.75, 3.05) is 6.61 Å². The second-order valence-electron chi connectivity index (χ2n) is 15.0. The minimum atomic E-state index is -0.147. The molecular formula is C30H50O2. The van der Waals surface area contributed by atoms with Gasteiger partial charge in [0.25, 0.3) is 0 Å². The van der Waals surface area contributed by atoms with Crippen molar-refractivity contribution in [1.29, 1.82) is 0 Å². The minimum absolute atomic E-state index is 0.0284. The lowest BCUT2D eigenvalue weighted by atomic mass is 9.32. The quantitative estimate of drug-likeness (QED) is 0.424. The van der Waals surface area contributed by atoms with E-state index in [1.807, 2.05) is 0 Å². The Bertz CT molecular complexity index is 810. The van der Waals surface area contributed by atoms with E-state index in [1.54, 1.807) is 5.57 Å². The molecule has 0 aromatic rings. The number of aliphatic hydroxyl groups is 2. The Hall–Kier alpha value is -0.340. The van der Waals surface area contributed by atoms with Crippen LogP contribution in [0.2, 0.25) is 0 Å². The van der Waals surface area contributed by atoms with E-state index in [0.29, 0.717) is 34.7 Å². The molecule has 32 heavy (non-hydrogen) atoms. The van der Waals surface area contributed by atoms with Crippen LogP contribution in [0.3, 0.4) is 0 Å². The zero-order valence-electron chi connectivity index (χ0n) is 22.1. The van der Waals surface area contributed by atoms with Gasteiger partial charge in [-0.05, 0) is 109 Å². The molecule has 182 valence electrons. The summed E-state index contributed by atoms with van der Waals surface area (Å²) in [5.41, 5.74) is 3.01. The standard InChI is InChI=1S/C30H50O2/c1-25(2)14-16-30(19-31)17-15-28(6)20(21(30)18-25)8-9-23-27(5)12-11-24(32)26(3,4)22(27)10-13-29(23,28)7/h18,20,22-24,31-32H,8-17,19H2,1-7H3. The normalized spacial score (nSPS) is 53.8. The average molecular weight is 443 g/mol. The van der Waals surface area contributed by atoms with Gasteiger partial charge in [0.2, 0.25) is 0 Å².